The summed E-state index contributed by atoms with van der Waals surface area (Å²) in [6, 6.07) is 2.22. The van der Waals surface area contributed by atoms with Gasteiger partial charge >= 0.3 is 0 Å². The second-order valence-electron chi connectivity index (χ2n) is 2.81. The van der Waals surface area contributed by atoms with Crippen LogP contribution >= 0.6 is 31.9 Å². The number of unbranched alkanes of at least 4 members (excludes halogenated alkanes) is 2. The molecule has 0 aromatic heterocycles. The Morgan fingerprint density at radius 3 is 2.45 bits per heavy atom. The van der Waals surface area contributed by atoms with Crippen LogP contribution in [0.4, 0.5) is 0 Å². The first kappa shape index (κ1) is 11.4. The van der Waals surface area contributed by atoms with Crippen LogP contribution in [0.3, 0.4) is 0 Å². The molecule has 0 saturated heterocycles. The maximum Gasteiger partial charge on any atom is 0.109 e. The van der Waals surface area contributed by atoms with Crippen molar-refractivity contribution in [3.05, 3.63) is 0 Å². The molecule has 0 aliphatic carbocycles. The maximum absolute atomic E-state index is 8.64. The quantitative estimate of drug-likeness (QED) is 0.558. The average molecular weight is 283 g/mol. The summed E-state index contributed by atoms with van der Waals surface area (Å²) in [5, 5.41) is 9.71. The molecule has 1 nitrogen and oxygen atoms in total. The Kier molecular flexibility index (Phi) is 6.27. The minimum absolute atomic E-state index is 0.306. The fourth-order valence-electron chi connectivity index (χ4n) is 0.784. The monoisotopic (exact) mass is 281 g/mol. The van der Waals surface area contributed by atoms with Gasteiger partial charge in [0.05, 0.1) is 6.07 Å². The van der Waals surface area contributed by atoms with Crippen LogP contribution in [-0.4, -0.2) is 9.65 Å². The third-order valence-corrected chi connectivity index (χ3v) is 2.65. The molecule has 0 radical (unpaired) electrons. The van der Waals surface area contributed by atoms with Gasteiger partial charge in [0.2, 0.25) is 0 Å². The van der Waals surface area contributed by atoms with Crippen molar-refractivity contribution in [3.8, 4) is 6.07 Å². The minimum Gasteiger partial charge on any atom is -0.197 e. The molecule has 64 valence electrons. The number of rotatable bonds is 5. The molecule has 1 unspecified atom stereocenters. The first-order chi connectivity index (χ1) is 5.12. The normalized spacial score (nSPS) is 15.5. The number of halogens is 2. The molecule has 0 heterocycles. The largest absolute Gasteiger partial charge is 0.197 e. The lowest BCUT2D eigenvalue weighted by Gasteiger charge is -2.11. The lowest BCUT2D eigenvalue weighted by molar-refractivity contribution is 0.624. The fraction of sp³-hybridized carbons (Fsp3) is 0.875. The molecule has 0 aromatic carbocycles. The minimum atomic E-state index is -0.306. The second kappa shape index (κ2) is 6.02. The van der Waals surface area contributed by atoms with E-state index in [2.05, 4.69) is 37.9 Å². The van der Waals surface area contributed by atoms with Crippen LogP contribution < -0.4 is 0 Å². The first-order valence-electron chi connectivity index (χ1n) is 3.78. The molecule has 11 heavy (non-hydrogen) atoms. The van der Waals surface area contributed by atoms with E-state index in [1.165, 1.54) is 12.8 Å². The van der Waals surface area contributed by atoms with Gasteiger partial charge in [0, 0.05) is 5.33 Å². The molecule has 0 fully saturated rings. The number of nitrogens with zero attached hydrogens (tertiary/aromatic N) is 1. The van der Waals surface area contributed by atoms with Crippen molar-refractivity contribution in [1.29, 1.82) is 5.26 Å². The zero-order chi connectivity index (χ0) is 8.74. The standard InChI is InChI=1S/C8H13Br2N/c1-8(10,7-11)5-3-2-4-6-9/h2-6H2,1H3. The van der Waals surface area contributed by atoms with Gasteiger partial charge in [0.15, 0.2) is 0 Å². The van der Waals surface area contributed by atoms with Crippen LogP contribution in [0.2, 0.25) is 0 Å². The van der Waals surface area contributed by atoms with Crippen molar-refractivity contribution in [2.75, 3.05) is 5.33 Å². The van der Waals surface area contributed by atoms with Gasteiger partial charge in [-0.25, -0.2) is 0 Å². The van der Waals surface area contributed by atoms with Gasteiger partial charge in [0.1, 0.15) is 4.32 Å². The van der Waals surface area contributed by atoms with Crippen LogP contribution in [0.5, 0.6) is 0 Å². The molecule has 0 amide bonds. The fourth-order valence-corrected chi connectivity index (χ4v) is 1.46. The van der Waals surface area contributed by atoms with E-state index in [1.807, 2.05) is 6.92 Å². The molecule has 0 spiro atoms. The van der Waals surface area contributed by atoms with E-state index in [0.717, 1.165) is 18.2 Å². The first-order valence-corrected chi connectivity index (χ1v) is 5.70. The summed E-state index contributed by atoms with van der Waals surface area (Å²) in [6.07, 6.45) is 4.47. The molecule has 0 N–H and O–H groups in total. The Balaban J connectivity index is 3.32. The third kappa shape index (κ3) is 6.83. The predicted molar refractivity (Wildman–Crippen MR) is 55.2 cm³/mol. The zero-order valence-corrected chi connectivity index (χ0v) is 9.91. The molecular weight excluding hydrogens is 270 g/mol. The molecule has 0 aromatic rings. The predicted octanol–water partition coefficient (Wildman–Crippen LogP) is 3.62. The molecule has 0 saturated carbocycles. The van der Waals surface area contributed by atoms with Crippen LogP contribution in [-0.2, 0) is 0 Å². The molecule has 1 atom stereocenters. The van der Waals surface area contributed by atoms with Gasteiger partial charge in [0.25, 0.3) is 0 Å². The summed E-state index contributed by atoms with van der Waals surface area (Å²) in [5.41, 5.74) is 0. The molecule has 3 heteroatoms. The van der Waals surface area contributed by atoms with Crippen molar-refractivity contribution in [2.45, 2.75) is 36.9 Å². The van der Waals surface area contributed by atoms with E-state index < -0.39 is 0 Å². The summed E-state index contributed by atoms with van der Waals surface area (Å²) >= 11 is 6.73. The van der Waals surface area contributed by atoms with Gasteiger partial charge in [-0.15, -0.1) is 0 Å². The Morgan fingerprint density at radius 2 is 2.00 bits per heavy atom. The van der Waals surface area contributed by atoms with Crippen molar-refractivity contribution >= 4 is 31.9 Å². The number of hydrogen-bond acceptors (Lipinski definition) is 1. The smallest absolute Gasteiger partial charge is 0.109 e. The van der Waals surface area contributed by atoms with E-state index in [1.54, 1.807) is 0 Å². The van der Waals surface area contributed by atoms with E-state index in [4.69, 9.17) is 5.26 Å². The summed E-state index contributed by atoms with van der Waals surface area (Å²) in [4.78, 5) is 0. The summed E-state index contributed by atoms with van der Waals surface area (Å²) in [6.45, 7) is 1.92. The van der Waals surface area contributed by atoms with Crippen molar-refractivity contribution < 1.29 is 0 Å². The highest BCUT2D eigenvalue weighted by atomic mass is 79.9. The van der Waals surface area contributed by atoms with Crippen molar-refractivity contribution in [3.63, 3.8) is 0 Å². The molecule has 0 rings (SSSR count). The Hall–Kier alpha value is 0.450. The molecule has 0 aliphatic heterocycles. The van der Waals surface area contributed by atoms with E-state index >= 15 is 0 Å². The van der Waals surface area contributed by atoms with Gasteiger partial charge in [-0.2, -0.15) is 5.26 Å². The van der Waals surface area contributed by atoms with Gasteiger partial charge in [-0.1, -0.05) is 44.7 Å². The lowest BCUT2D eigenvalue weighted by Crippen LogP contribution is -2.11. The number of alkyl halides is 2. The Bertz CT molecular complexity index is 138. The SMILES string of the molecule is CC(Br)(C#N)CCCCCBr. The topological polar surface area (TPSA) is 23.8 Å². The van der Waals surface area contributed by atoms with Gasteiger partial charge in [-0.05, 0) is 19.8 Å². The van der Waals surface area contributed by atoms with Crippen molar-refractivity contribution in [2.24, 2.45) is 0 Å². The van der Waals surface area contributed by atoms with Crippen LogP contribution in [0, 0.1) is 11.3 Å². The van der Waals surface area contributed by atoms with E-state index in [9.17, 15) is 0 Å². The highest BCUT2D eigenvalue weighted by molar-refractivity contribution is 9.10. The summed E-state index contributed by atoms with van der Waals surface area (Å²) in [5.74, 6) is 0. The zero-order valence-electron chi connectivity index (χ0n) is 6.74. The summed E-state index contributed by atoms with van der Waals surface area (Å²) in [7, 11) is 0. The molecular formula is C8H13Br2N. The van der Waals surface area contributed by atoms with Crippen LogP contribution in [0.25, 0.3) is 0 Å². The van der Waals surface area contributed by atoms with E-state index in [0.29, 0.717) is 0 Å². The number of nitriles is 1. The second-order valence-corrected chi connectivity index (χ2v) is 5.35. The van der Waals surface area contributed by atoms with Crippen LogP contribution in [0.15, 0.2) is 0 Å². The van der Waals surface area contributed by atoms with Crippen LogP contribution in [0.1, 0.15) is 32.6 Å². The van der Waals surface area contributed by atoms with E-state index in [-0.39, 0.29) is 4.32 Å². The molecule has 0 bridgehead atoms. The Morgan fingerprint density at radius 1 is 1.36 bits per heavy atom. The maximum atomic E-state index is 8.64. The number of hydrogen-bond donors (Lipinski definition) is 0. The average Bonchev–Trinajstić information content (AvgIpc) is 1.99. The molecule has 0 aliphatic rings. The van der Waals surface area contributed by atoms with Gasteiger partial charge in [-0.3, -0.25) is 0 Å². The summed E-state index contributed by atoms with van der Waals surface area (Å²) < 4.78 is -0.306. The highest BCUT2D eigenvalue weighted by Crippen LogP contribution is 2.23. The highest BCUT2D eigenvalue weighted by Gasteiger charge is 2.17. The van der Waals surface area contributed by atoms with Gasteiger partial charge < -0.3 is 0 Å². The lowest BCUT2D eigenvalue weighted by atomic mass is 10.1. The third-order valence-electron chi connectivity index (χ3n) is 1.51. The Labute approximate surface area is 85.4 Å². The van der Waals surface area contributed by atoms with Crippen molar-refractivity contribution in [1.82, 2.24) is 0 Å².